The molecule has 8 heteroatoms. The maximum atomic E-state index is 13.3. The second-order valence-electron chi connectivity index (χ2n) is 8.85. The van der Waals surface area contributed by atoms with E-state index in [4.69, 9.17) is 15.2 Å². The van der Waals surface area contributed by atoms with E-state index in [1.165, 1.54) is 0 Å². The van der Waals surface area contributed by atoms with Crippen molar-refractivity contribution in [2.45, 2.75) is 37.8 Å². The van der Waals surface area contributed by atoms with Crippen LogP contribution in [0.2, 0.25) is 0 Å². The summed E-state index contributed by atoms with van der Waals surface area (Å²) in [4.78, 5) is 39.0. The molecular formula is C29H30N2O6. The third-order valence-corrected chi connectivity index (χ3v) is 6.46. The van der Waals surface area contributed by atoms with Crippen LogP contribution in [-0.2, 0) is 20.9 Å². The summed E-state index contributed by atoms with van der Waals surface area (Å²) in [7, 11) is 0. The molecule has 3 aromatic rings. The number of benzene rings is 3. The van der Waals surface area contributed by atoms with Gasteiger partial charge in [-0.25, -0.2) is 14.4 Å². The van der Waals surface area contributed by atoms with Gasteiger partial charge in [-0.2, -0.15) is 4.90 Å². The maximum Gasteiger partial charge on any atom is 0.420 e. The average molecular weight is 503 g/mol. The number of hydrogen-bond donors (Lipinski definition) is 2. The highest BCUT2D eigenvalue weighted by Crippen LogP contribution is 2.44. The Kier molecular flexibility index (Phi) is 8.53. The van der Waals surface area contributed by atoms with Crippen LogP contribution in [0.25, 0.3) is 11.1 Å². The number of rotatable bonds is 10. The summed E-state index contributed by atoms with van der Waals surface area (Å²) >= 11 is 0. The lowest BCUT2D eigenvalue weighted by Gasteiger charge is -2.26. The van der Waals surface area contributed by atoms with E-state index >= 15 is 0 Å². The number of amides is 2. The summed E-state index contributed by atoms with van der Waals surface area (Å²) in [5.41, 5.74) is 10.4. The molecule has 0 unspecified atom stereocenters. The minimum Gasteiger partial charge on any atom is -0.480 e. The molecule has 1 atom stereocenters. The third-order valence-electron chi connectivity index (χ3n) is 6.46. The standard InChI is InChI=1S/C29H30N2O6/c30-17-9-8-16-26(27(32)33)31(28(34)36-18-20-10-2-1-3-11-20)29(35)37-19-25-23-14-6-4-12-21(23)22-13-5-7-15-24(22)25/h1-7,10-15,25-26H,8-9,16-19,30H2,(H,32,33)/t26-/m0/s1. The summed E-state index contributed by atoms with van der Waals surface area (Å²) in [6, 6.07) is 23.2. The van der Waals surface area contributed by atoms with Gasteiger partial charge < -0.3 is 20.3 Å². The number of carboxylic acids is 1. The molecule has 8 nitrogen and oxygen atoms in total. The van der Waals surface area contributed by atoms with E-state index < -0.39 is 24.2 Å². The second kappa shape index (κ2) is 12.2. The van der Waals surface area contributed by atoms with E-state index in [2.05, 4.69) is 0 Å². The Labute approximate surface area is 215 Å². The van der Waals surface area contributed by atoms with Crippen molar-refractivity contribution in [1.29, 1.82) is 0 Å². The number of aliphatic carboxylic acids is 1. The Morgan fingerprint density at radius 2 is 1.38 bits per heavy atom. The fourth-order valence-electron chi connectivity index (χ4n) is 4.63. The number of carbonyl (C=O) groups excluding carboxylic acids is 2. The van der Waals surface area contributed by atoms with Crippen LogP contribution in [0.1, 0.15) is 41.9 Å². The van der Waals surface area contributed by atoms with Gasteiger partial charge in [0.25, 0.3) is 0 Å². The van der Waals surface area contributed by atoms with Gasteiger partial charge in [0.05, 0.1) is 0 Å². The predicted octanol–water partition coefficient (Wildman–Crippen LogP) is 5.16. The highest BCUT2D eigenvalue weighted by atomic mass is 16.6. The molecule has 0 saturated heterocycles. The van der Waals surface area contributed by atoms with Crippen LogP contribution in [0.3, 0.4) is 0 Å². The normalized spacial score (nSPS) is 12.8. The Morgan fingerprint density at radius 3 is 1.97 bits per heavy atom. The third kappa shape index (κ3) is 5.98. The number of carbonyl (C=O) groups is 3. The van der Waals surface area contributed by atoms with Gasteiger partial charge in [-0.3, -0.25) is 0 Å². The molecule has 2 amide bonds. The number of nitrogens with zero attached hydrogens (tertiary/aromatic N) is 1. The highest BCUT2D eigenvalue weighted by molar-refractivity contribution is 5.93. The number of unbranched alkanes of at least 4 members (excludes halogenated alkanes) is 1. The van der Waals surface area contributed by atoms with E-state index in [0.717, 1.165) is 22.3 Å². The fraction of sp³-hybridized carbons (Fsp3) is 0.276. The highest BCUT2D eigenvalue weighted by Gasteiger charge is 2.38. The summed E-state index contributed by atoms with van der Waals surface area (Å²) < 4.78 is 10.9. The smallest absolute Gasteiger partial charge is 0.420 e. The fourth-order valence-corrected chi connectivity index (χ4v) is 4.63. The van der Waals surface area contributed by atoms with Crippen molar-refractivity contribution in [2.24, 2.45) is 5.73 Å². The second-order valence-corrected chi connectivity index (χ2v) is 8.85. The number of fused-ring (bicyclic) bond motifs is 3. The van der Waals surface area contributed by atoms with Gasteiger partial charge in [0.1, 0.15) is 19.3 Å². The van der Waals surface area contributed by atoms with Gasteiger partial charge in [-0.15, -0.1) is 0 Å². The zero-order valence-corrected chi connectivity index (χ0v) is 20.4. The molecular weight excluding hydrogens is 472 g/mol. The Bertz CT molecular complexity index is 1200. The minimum absolute atomic E-state index is 0.0389. The van der Waals surface area contributed by atoms with Crippen LogP contribution in [0.4, 0.5) is 9.59 Å². The van der Waals surface area contributed by atoms with Gasteiger partial charge in [-0.05, 0) is 53.6 Å². The van der Waals surface area contributed by atoms with Crippen molar-refractivity contribution in [3.8, 4) is 11.1 Å². The molecule has 0 heterocycles. The molecule has 3 N–H and O–H groups in total. The zero-order valence-electron chi connectivity index (χ0n) is 20.4. The maximum absolute atomic E-state index is 13.3. The molecule has 0 saturated carbocycles. The molecule has 192 valence electrons. The molecule has 1 aliphatic rings. The van der Waals surface area contributed by atoms with E-state index in [1.807, 2.05) is 54.6 Å². The lowest BCUT2D eigenvalue weighted by atomic mass is 9.98. The van der Waals surface area contributed by atoms with Crippen LogP contribution in [0.5, 0.6) is 0 Å². The van der Waals surface area contributed by atoms with Crippen molar-refractivity contribution in [3.63, 3.8) is 0 Å². The van der Waals surface area contributed by atoms with E-state index in [1.54, 1.807) is 24.3 Å². The molecule has 37 heavy (non-hydrogen) atoms. The molecule has 0 aromatic heterocycles. The molecule has 4 rings (SSSR count). The van der Waals surface area contributed by atoms with E-state index in [9.17, 15) is 19.5 Å². The predicted molar refractivity (Wildman–Crippen MR) is 138 cm³/mol. The Balaban J connectivity index is 1.53. The largest absolute Gasteiger partial charge is 0.480 e. The van der Waals surface area contributed by atoms with Gasteiger partial charge in [0.2, 0.25) is 0 Å². The van der Waals surface area contributed by atoms with Crippen molar-refractivity contribution in [2.75, 3.05) is 13.2 Å². The van der Waals surface area contributed by atoms with Gasteiger partial charge in [-0.1, -0.05) is 78.9 Å². The molecule has 3 aromatic carbocycles. The van der Waals surface area contributed by atoms with Crippen molar-refractivity contribution in [3.05, 3.63) is 95.6 Å². The minimum atomic E-state index is -1.44. The molecule has 0 aliphatic heterocycles. The van der Waals surface area contributed by atoms with Crippen molar-refractivity contribution in [1.82, 2.24) is 4.90 Å². The zero-order chi connectivity index (χ0) is 26.2. The Hall–Kier alpha value is -4.17. The Morgan fingerprint density at radius 1 is 0.811 bits per heavy atom. The van der Waals surface area contributed by atoms with Crippen LogP contribution in [0.15, 0.2) is 78.9 Å². The number of hydrogen-bond acceptors (Lipinski definition) is 6. The van der Waals surface area contributed by atoms with Crippen LogP contribution >= 0.6 is 0 Å². The van der Waals surface area contributed by atoms with Crippen LogP contribution in [-0.4, -0.2) is 47.4 Å². The van der Waals surface area contributed by atoms with Gasteiger partial charge >= 0.3 is 18.2 Å². The first-order valence-corrected chi connectivity index (χ1v) is 12.3. The number of carboxylic acid groups (broad SMARTS) is 1. The SMILES string of the molecule is NCCCC[C@@H](C(=O)O)N(C(=O)OCc1ccccc1)C(=O)OCC1c2ccccc2-c2ccccc21. The van der Waals surface area contributed by atoms with E-state index in [-0.39, 0.29) is 25.6 Å². The summed E-state index contributed by atoms with van der Waals surface area (Å²) in [5.74, 6) is -1.55. The van der Waals surface area contributed by atoms with Crippen molar-refractivity contribution < 1.29 is 29.0 Å². The first-order valence-electron chi connectivity index (χ1n) is 12.3. The first kappa shape index (κ1) is 25.9. The lowest BCUT2D eigenvalue weighted by molar-refractivity contribution is -0.142. The van der Waals surface area contributed by atoms with Gasteiger partial charge in [0.15, 0.2) is 0 Å². The molecule has 1 aliphatic carbocycles. The topological polar surface area (TPSA) is 119 Å². The summed E-state index contributed by atoms with van der Waals surface area (Å²) in [5, 5.41) is 9.88. The first-order chi connectivity index (χ1) is 18.0. The molecule has 0 fully saturated rings. The van der Waals surface area contributed by atoms with Crippen molar-refractivity contribution >= 4 is 18.2 Å². The van der Waals surface area contributed by atoms with E-state index in [0.29, 0.717) is 29.8 Å². The molecule has 0 spiro atoms. The van der Waals surface area contributed by atoms with Crippen LogP contribution in [0, 0.1) is 0 Å². The average Bonchev–Trinajstić information content (AvgIpc) is 3.24. The summed E-state index contributed by atoms with van der Waals surface area (Å²) in [6.07, 6.45) is -1.10. The quantitative estimate of drug-likeness (QED) is 0.368. The number of imide groups is 1. The monoisotopic (exact) mass is 502 g/mol. The number of nitrogens with two attached hydrogens (primary N) is 1. The molecule has 0 bridgehead atoms. The summed E-state index contributed by atoms with van der Waals surface area (Å²) in [6.45, 7) is 0.210. The van der Waals surface area contributed by atoms with Gasteiger partial charge in [0, 0.05) is 5.92 Å². The number of ether oxygens (including phenoxy) is 2. The molecule has 0 radical (unpaired) electrons. The lowest BCUT2D eigenvalue weighted by Crippen LogP contribution is -2.49. The van der Waals surface area contributed by atoms with Crippen LogP contribution < -0.4 is 5.73 Å².